The van der Waals surface area contributed by atoms with E-state index in [1.807, 2.05) is 39.8 Å². The fraction of sp³-hybridized carbons (Fsp3) is 0.594. The predicted octanol–water partition coefficient (Wildman–Crippen LogP) is 6.29. The summed E-state index contributed by atoms with van der Waals surface area (Å²) in [6.45, 7) is 13.4. The Morgan fingerprint density at radius 1 is 1.10 bits per heavy atom. The molecule has 10 heteroatoms. The number of hydrogen-bond acceptors (Lipinski definition) is 6. The van der Waals surface area contributed by atoms with Gasteiger partial charge in [-0.3, -0.25) is 14.7 Å². The number of pyridine rings is 1. The summed E-state index contributed by atoms with van der Waals surface area (Å²) in [5.41, 5.74) is -0.0649. The van der Waals surface area contributed by atoms with Gasteiger partial charge < -0.3 is 14.6 Å². The lowest BCUT2D eigenvalue weighted by molar-refractivity contribution is -0.120. The van der Waals surface area contributed by atoms with Gasteiger partial charge in [-0.05, 0) is 108 Å². The van der Waals surface area contributed by atoms with Crippen molar-refractivity contribution in [3.05, 3.63) is 59.7 Å². The molecule has 1 aliphatic heterocycles. The zero-order valence-corrected chi connectivity index (χ0v) is 26.6. The number of carbonyl (C=O) groups is 2. The van der Waals surface area contributed by atoms with Gasteiger partial charge in [0, 0.05) is 30.3 Å². The number of nitrogens with one attached hydrogen (secondary N) is 2. The molecule has 42 heavy (non-hydrogen) atoms. The van der Waals surface area contributed by atoms with Crippen molar-refractivity contribution < 1.29 is 23.3 Å². The molecule has 1 unspecified atom stereocenters. The lowest BCUT2D eigenvalue weighted by atomic mass is 9.79. The first-order valence-electron chi connectivity index (χ1n) is 14.8. The Morgan fingerprint density at radius 3 is 2.36 bits per heavy atom. The maximum absolute atomic E-state index is 15.3. The number of hydrogen-bond donors (Lipinski definition) is 2. The SMILES string of the molecule is C[C@H]1C[C@H](C(=O)Nc2cc(C(CCC3CC3)(N[S@+]([O-])C(C)(C)C)c3ccncc3)ccc2F)N(C(=O)OC(C)(C)C)C1. The second-order valence-electron chi connectivity index (χ2n) is 13.8. The van der Waals surface area contributed by atoms with Gasteiger partial charge in [0.25, 0.3) is 0 Å². The lowest BCUT2D eigenvalue weighted by Crippen LogP contribution is -2.52. The van der Waals surface area contributed by atoms with E-state index in [9.17, 15) is 14.1 Å². The van der Waals surface area contributed by atoms with Crippen LogP contribution in [0.2, 0.25) is 0 Å². The fourth-order valence-electron chi connectivity index (χ4n) is 5.32. The molecule has 2 aromatic rings. The Kier molecular flexibility index (Phi) is 9.59. The monoisotopic (exact) mass is 600 g/mol. The summed E-state index contributed by atoms with van der Waals surface area (Å²) in [7, 11) is 0. The quantitative estimate of drug-likeness (QED) is 0.328. The highest BCUT2D eigenvalue weighted by atomic mass is 32.2. The molecule has 0 bridgehead atoms. The second-order valence-corrected chi connectivity index (χ2v) is 15.7. The molecule has 2 N–H and O–H groups in total. The van der Waals surface area contributed by atoms with E-state index >= 15 is 4.39 Å². The van der Waals surface area contributed by atoms with Crippen LogP contribution in [0.3, 0.4) is 0 Å². The standard InChI is InChI=1S/C32H45FN4O4S/c1-21-18-27(37(20-21)29(39)41-30(2,3)4)28(38)35-26-19-24(10-11-25(26)33)32(15-12-22-8-9-22,23-13-16-34-17-14-23)36-42(40)31(5,6)7/h10-11,13-14,16-17,19,21-22,27,36H,8-9,12,15,18,20H2,1-7H3,(H,35,38)/t21-,27+,32?,42+/m0/s1. The van der Waals surface area contributed by atoms with E-state index in [1.165, 1.54) is 11.0 Å². The molecule has 8 nitrogen and oxygen atoms in total. The van der Waals surface area contributed by atoms with Crippen molar-refractivity contribution in [3.63, 3.8) is 0 Å². The van der Waals surface area contributed by atoms with Gasteiger partial charge in [-0.15, -0.1) is 4.72 Å². The zero-order valence-electron chi connectivity index (χ0n) is 25.8. The number of carbonyl (C=O) groups excluding carboxylic acids is 2. The summed E-state index contributed by atoms with van der Waals surface area (Å²) < 4.78 is 37.4. The molecular formula is C32H45FN4O4S. The minimum Gasteiger partial charge on any atom is -0.598 e. The highest BCUT2D eigenvalue weighted by molar-refractivity contribution is 7.90. The van der Waals surface area contributed by atoms with Crippen molar-refractivity contribution in [1.29, 1.82) is 0 Å². The van der Waals surface area contributed by atoms with Gasteiger partial charge in [0.15, 0.2) is 0 Å². The molecule has 2 amide bonds. The molecule has 0 radical (unpaired) electrons. The molecule has 1 aliphatic carbocycles. The number of ether oxygens (including phenoxy) is 1. The molecule has 2 aliphatic rings. The fourth-order valence-corrected chi connectivity index (χ4v) is 6.28. The van der Waals surface area contributed by atoms with Crippen LogP contribution in [-0.4, -0.2) is 49.4 Å². The van der Waals surface area contributed by atoms with Crippen LogP contribution >= 0.6 is 0 Å². The van der Waals surface area contributed by atoms with Gasteiger partial charge in [0.1, 0.15) is 27.7 Å². The van der Waals surface area contributed by atoms with Crippen LogP contribution in [-0.2, 0) is 26.4 Å². The number of nitrogens with zero attached hydrogens (tertiary/aromatic N) is 2. The van der Waals surface area contributed by atoms with Gasteiger partial charge in [0.2, 0.25) is 5.91 Å². The number of benzene rings is 1. The van der Waals surface area contributed by atoms with Gasteiger partial charge in [-0.25, -0.2) is 9.18 Å². The van der Waals surface area contributed by atoms with E-state index in [4.69, 9.17) is 4.74 Å². The minimum absolute atomic E-state index is 0.00869. The summed E-state index contributed by atoms with van der Waals surface area (Å²) in [6, 6.07) is 7.64. The van der Waals surface area contributed by atoms with Crippen LogP contribution in [0, 0.1) is 17.7 Å². The van der Waals surface area contributed by atoms with Gasteiger partial charge in [0.05, 0.1) is 5.69 Å². The van der Waals surface area contributed by atoms with E-state index in [0.717, 1.165) is 24.8 Å². The third-order valence-electron chi connectivity index (χ3n) is 7.78. The number of aromatic nitrogens is 1. The molecule has 1 saturated heterocycles. The van der Waals surface area contributed by atoms with E-state index in [2.05, 4.69) is 15.0 Å². The first-order chi connectivity index (χ1) is 19.6. The van der Waals surface area contributed by atoms with Crippen LogP contribution in [0.5, 0.6) is 0 Å². The van der Waals surface area contributed by atoms with Crippen LogP contribution in [0.4, 0.5) is 14.9 Å². The van der Waals surface area contributed by atoms with E-state index < -0.39 is 51.1 Å². The lowest BCUT2D eigenvalue weighted by Gasteiger charge is -2.39. The van der Waals surface area contributed by atoms with Gasteiger partial charge >= 0.3 is 6.09 Å². The molecule has 230 valence electrons. The van der Waals surface area contributed by atoms with Crippen LogP contribution in [0.15, 0.2) is 42.7 Å². The zero-order chi connectivity index (χ0) is 30.9. The molecule has 2 heterocycles. The molecule has 1 aromatic carbocycles. The Hall–Kier alpha value is -2.69. The third-order valence-corrected chi connectivity index (χ3v) is 9.42. The molecule has 2 fully saturated rings. The summed E-state index contributed by atoms with van der Waals surface area (Å²) >= 11 is -1.46. The van der Waals surface area contributed by atoms with Crippen LogP contribution < -0.4 is 10.0 Å². The molecule has 1 saturated carbocycles. The molecule has 0 spiro atoms. The topological polar surface area (TPSA) is 107 Å². The summed E-state index contributed by atoms with van der Waals surface area (Å²) in [4.78, 5) is 32.1. The van der Waals surface area contributed by atoms with Crippen LogP contribution in [0.25, 0.3) is 0 Å². The second kappa shape index (κ2) is 12.5. The van der Waals surface area contributed by atoms with E-state index in [1.54, 1.807) is 45.3 Å². The minimum atomic E-state index is -1.46. The van der Waals surface area contributed by atoms with Gasteiger partial charge in [-0.1, -0.05) is 25.8 Å². The normalized spacial score (nSPS) is 21.5. The summed E-state index contributed by atoms with van der Waals surface area (Å²) in [5.74, 6) is -0.383. The van der Waals surface area contributed by atoms with Crippen molar-refractivity contribution in [3.8, 4) is 0 Å². The molecule has 4 atom stereocenters. The average Bonchev–Trinajstić information content (AvgIpc) is 3.65. The summed E-state index contributed by atoms with van der Waals surface area (Å²) in [6.07, 6.45) is 7.13. The highest BCUT2D eigenvalue weighted by Gasteiger charge is 2.44. The first kappa shape index (κ1) is 32.2. The van der Waals surface area contributed by atoms with Crippen molar-refractivity contribution in [2.75, 3.05) is 11.9 Å². The highest BCUT2D eigenvalue weighted by Crippen LogP contribution is 2.43. The Morgan fingerprint density at radius 2 is 1.76 bits per heavy atom. The maximum atomic E-state index is 15.3. The van der Waals surface area contributed by atoms with E-state index in [0.29, 0.717) is 30.9 Å². The predicted molar refractivity (Wildman–Crippen MR) is 164 cm³/mol. The molecule has 1 aromatic heterocycles. The first-order valence-corrected chi connectivity index (χ1v) is 15.9. The van der Waals surface area contributed by atoms with Crippen LogP contribution in [0.1, 0.15) is 91.7 Å². The Balaban J connectivity index is 1.70. The van der Waals surface area contributed by atoms with Crippen molar-refractivity contribution in [2.24, 2.45) is 11.8 Å². The smallest absolute Gasteiger partial charge is 0.410 e. The average molecular weight is 601 g/mol. The largest absolute Gasteiger partial charge is 0.598 e. The van der Waals surface area contributed by atoms with Crippen molar-refractivity contribution in [2.45, 2.75) is 102 Å². The third kappa shape index (κ3) is 7.82. The Bertz CT molecular complexity index is 1260. The maximum Gasteiger partial charge on any atom is 0.410 e. The number of amides is 2. The van der Waals surface area contributed by atoms with Gasteiger partial charge in [-0.2, -0.15) is 0 Å². The number of halogens is 1. The number of likely N-dealkylation sites (tertiary alicyclic amines) is 1. The number of anilines is 1. The molecule has 4 rings (SSSR count). The van der Waals surface area contributed by atoms with Crippen molar-refractivity contribution in [1.82, 2.24) is 14.6 Å². The van der Waals surface area contributed by atoms with E-state index in [-0.39, 0.29) is 11.6 Å². The van der Waals surface area contributed by atoms with Crippen molar-refractivity contribution >= 4 is 29.0 Å². The summed E-state index contributed by atoms with van der Waals surface area (Å²) in [5, 5.41) is 2.77. The molecular weight excluding hydrogens is 555 g/mol. The number of rotatable bonds is 9. The Labute approximate surface area is 252 Å².